The van der Waals surface area contributed by atoms with Crippen molar-refractivity contribution in [1.29, 1.82) is 0 Å². The highest BCUT2D eigenvalue weighted by atomic mass is 19.1. The molecule has 2 aromatic rings. The first-order valence-corrected chi connectivity index (χ1v) is 8.64. The summed E-state index contributed by atoms with van der Waals surface area (Å²) in [6, 6.07) is 9.43. The number of nitrogens with two attached hydrogens (primary N) is 2. The number of anilines is 1. The summed E-state index contributed by atoms with van der Waals surface area (Å²) in [5.41, 5.74) is 12.8. The van der Waals surface area contributed by atoms with Crippen molar-refractivity contribution < 1.29 is 14.0 Å². The normalized spacial score (nSPS) is 12.9. The average Bonchev–Trinajstić information content (AvgIpc) is 2.67. The van der Waals surface area contributed by atoms with Gasteiger partial charge in [0.15, 0.2) is 11.6 Å². The van der Waals surface area contributed by atoms with Crippen LogP contribution in [0.2, 0.25) is 0 Å². The number of nitrogens with zero attached hydrogens (tertiary/aromatic N) is 1. The summed E-state index contributed by atoms with van der Waals surface area (Å²) in [4.78, 5) is 27.9. The Hall–Kier alpha value is -3.00. The van der Waals surface area contributed by atoms with Crippen LogP contribution in [0.5, 0.6) is 0 Å². The van der Waals surface area contributed by atoms with Crippen LogP contribution in [0.4, 0.5) is 10.2 Å². The number of pyridine rings is 1. The molecular formula is C19H24FN5O2. The van der Waals surface area contributed by atoms with E-state index in [1.807, 2.05) is 30.3 Å². The van der Waals surface area contributed by atoms with E-state index in [0.29, 0.717) is 18.4 Å². The average molecular weight is 373 g/mol. The summed E-state index contributed by atoms with van der Waals surface area (Å²) >= 11 is 0. The summed E-state index contributed by atoms with van der Waals surface area (Å²) in [6.45, 7) is 1.63. The molecule has 8 heteroatoms. The van der Waals surface area contributed by atoms with E-state index < -0.39 is 29.7 Å². The maximum Gasteiger partial charge on any atom is 0.242 e. The molecule has 0 spiro atoms. The minimum absolute atomic E-state index is 0.0727. The standard InChI is InChI=1S/C19H24FN5O2/c1-12(18(26)24-11-14-9-15(20)17(22)23-10-14)25-19(27)16(21)8-7-13-5-3-2-4-6-13/h2-6,9-10,12,16H,7-8,11,21H2,1H3,(H2,22,23)(H,24,26)(H,25,27)/t12-,16+/m0/s1. The minimum atomic E-state index is -0.771. The molecule has 0 aliphatic heterocycles. The molecule has 2 rings (SSSR count). The molecule has 1 heterocycles. The van der Waals surface area contributed by atoms with Crippen LogP contribution in [0.1, 0.15) is 24.5 Å². The molecule has 2 amide bonds. The van der Waals surface area contributed by atoms with Crippen LogP contribution in [0.3, 0.4) is 0 Å². The molecule has 144 valence electrons. The summed E-state index contributed by atoms with van der Waals surface area (Å²) < 4.78 is 13.3. The van der Waals surface area contributed by atoms with Crippen LogP contribution < -0.4 is 22.1 Å². The lowest BCUT2D eigenvalue weighted by Crippen LogP contribution is -2.50. The van der Waals surface area contributed by atoms with Gasteiger partial charge in [-0.3, -0.25) is 9.59 Å². The molecule has 0 saturated carbocycles. The molecule has 1 aromatic carbocycles. The van der Waals surface area contributed by atoms with Crippen LogP contribution in [-0.4, -0.2) is 28.9 Å². The fourth-order valence-corrected chi connectivity index (χ4v) is 2.41. The van der Waals surface area contributed by atoms with Crippen molar-refractivity contribution in [2.24, 2.45) is 5.73 Å². The topological polar surface area (TPSA) is 123 Å². The van der Waals surface area contributed by atoms with Gasteiger partial charge in [-0.2, -0.15) is 0 Å². The van der Waals surface area contributed by atoms with Crippen LogP contribution in [0.15, 0.2) is 42.6 Å². The van der Waals surface area contributed by atoms with Gasteiger partial charge in [-0.25, -0.2) is 9.37 Å². The SMILES string of the molecule is C[C@H](NC(=O)[C@H](N)CCc1ccccc1)C(=O)NCc1cnc(N)c(F)c1. The molecule has 7 nitrogen and oxygen atoms in total. The van der Waals surface area contributed by atoms with Gasteiger partial charge < -0.3 is 22.1 Å². The van der Waals surface area contributed by atoms with Crippen molar-refractivity contribution in [2.75, 3.05) is 5.73 Å². The maximum absolute atomic E-state index is 13.3. The van der Waals surface area contributed by atoms with E-state index >= 15 is 0 Å². The van der Waals surface area contributed by atoms with Crippen molar-refractivity contribution in [3.63, 3.8) is 0 Å². The predicted octanol–water partition coefficient (Wildman–Crippen LogP) is 0.884. The van der Waals surface area contributed by atoms with Gasteiger partial charge >= 0.3 is 0 Å². The lowest BCUT2D eigenvalue weighted by molar-refractivity contribution is -0.129. The lowest BCUT2D eigenvalue weighted by atomic mass is 10.1. The van der Waals surface area contributed by atoms with Gasteiger partial charge in [-0.05, 0) is 37.0 Å². The molecule has 1 aromatic heterocycles. The number of hydrogen-bond donors (Lipinski definition) is 4. The molecule has 0 unspecified atom stereocenters. The van der Waals surface area contributed by atoms with Crippen molar-refractivity contribution in [3.05, 3.63) is 59.5 Å². The Bertz CT molecular complexity index is 785. The molecule has 0 bridgehead atoms. The van der Waals surface area contributed by atoms with E-state index in [4.69, 9.17) is 11.5 Å². The predicted molar refractivity (Wildman–Crippen MR) is 101 cm³/mol. The number of hydrogen-bond acceptors (Lipinski definition) is 5. The van der Waals surface area contributed by atoms with Gasteiger partial charge in [0.25, 0.3) is 0 Å². The van der Waals surface area contributed by atoms with E-state index in [1.54, 1.807) is 6.92 Å². The number of rotatable bonds is 8. The third kappa shape index (κ3) is 6.34. The van der Waals surface area contributed by atoms with Gasteiger partial charge in [0, 0.05) is 12.7 Å². The smallest absolute Gasteiger partial charge is 0.242 e. The van der Waals surface area contributed by atoms with Gasteiger partial charge in [0.05, 0.1) is 6.04 Å². The Kier molecular flexibility index (Phi) is 7.25. The van der Waals surface area contributed by atoms with E-state index in [9.17, 15) is 14.0 Å². The fourth-order valence-electron chi connectivity index (χ4n) is 2.41. The van der Waals surface area contributed by atoms with Crippen LogP contribution in [-0.2, 0) is 22.6 Å². The second-order valence-electron chi connectivity index (χ2n) is 6.29. The highest BCUT2D eigenvalue weighted by Crippen LogP contribution is 2.08. The first-order chi connectivity index (χ1) is 12.9. The second kappa shape index (κ2) is 9.63. The molecule has 0 saturated heterocycles. The van der Waals surface area contributed by atoms with Crippen molar-refractivity contribution in [2.45, 2.75) is 38.4 Å². The third-order valence-corrected chi connectivity index (χ3v) is 4.07. The molecule has 0 radical (unpaired) electrons. The number of nitrogen functional groups attached to an aromatic ring is 1. The summed E-state index contributed by atoms with van der Waals surface area (Å²) in [6.07, 6.45) is 2.52. The third-order valence-electron chi connectivity index (χ3n) is 4.07. The van der Waals surface area contributed by atoms with Gasteiger partial charge in [-0.1, -0.05) is 30.3 Å². The first kappa shape index (κ1) is 20.3. The first-order valence-electron chi connectivity index (χ1n) is 8.64. The molecule has 0 aliphatic carbocycles. The maximum atomic E-state index is 13.3. The number of halogens is 1. The van der Waals surface area contributed by atoms with Crippen molar-refractivity contribution >= 4 is 17.6 Å². The van der Waals surface area contributed by atoms with Crippen LogP contribution in [0, 0.1) is 5.82 Å². The van der Waals surface area contributed by atoms with E-state index in [1.165, 1.54) is 12.3 Å². The van der Waals surface area contributed by atoms with Crippen LogP contribution in [0.25, 0.3) is 0 Å². The molecule has 0 fully saturated rings. The number of aromatic nitrogens is 1. The molecule has 2 atom stereocenters. The number of carbonyl (C=O) groups excluding carboxylic acids is 2. The minimum Gasteiger partial charge on any atom is -0.381 e. The number of amides is 2. The molecule has 27 heavy (non-hydrogen) atoms. The second-order valence-corrected chi connectivity index (χ2v) is 6.29. The lowest BCUT2D eigenvalue weighted by Gasteiger charge is -2.17. The Morgan fingerprint density at radius 1 is 1.19 bits per heavy atom. The highest BCUT2D eigenvalue weighted by Gasteiger charge is 2.20. The fraction of sp³-hybridized carbons (Fsp3) is 0.316. The number of benzene rings is 1. The number of nitrogens with one attached hydrogen (secondary N) is 2. The Morgan fingerprint density at radius 3 is 2.56 bits per heavy atom. The number of aryl methyl sites for hydroxylation is 1. The zero-order valence-electron chi connectivity index (χ0n) is 15.1. The summed E-state index contributed by atoms with van der Waals surface area (Å²) in [5, 5.41) is 5.19. The van der Waals surface area contributed by atoms with Crippen molar-refractivity contribution in [3.8, 4) is 0 Å². The van der Waals surface area contributed by atoms with E-state index in [0.717, 1.165) is 5.56 Å². The van der Waals surface area contributed by atoms with Gasteiger partial charge in [-0.15, -0.1) is 0 Å². The van der Waals surface area contributed by atoms with E-state index in [2.05, 4.69) is 15.6 Å². The largest absolute Gasteiger partial charge is 0.381 e. The summed E-state index contributed by atoms with van der Waals surface area (Å²) in [7, 11) is 0. The highest BCUT2D eigenvalue weighted by molar-refractivity contribution is 5.89. The Balaban J connectivity index is 1.76. The van der Waals surface area contributed by atoms with Crippen molar-refractivity contribution in [1.82, 2.24) is 15.6 Å². The molecule has 0 aliphatic rings. The number of carbonyl (C=O) groups is 2. The Morgan fingerprint density at radius 2 is 1.89 bits per heavy atom. The van der Waals surface area contributed by atoms with E-state index in [-0.39, 0.29) is 12.4 Å². The zero-order chi connectivity index (χ0) is 19.8. The van der Waals surface area contributed by atoms with Gasteiger partial charge in [0.2, 0.25) is 11.8 Å². The zero-order valence-corrected chi connectivity index (χ0v) is 15.1. The molecular weight excluding hydrogens is 349 g/mol. The quantitative estimate of drug-likeness (QED) is 0.547. The monoisotopic (exact) mass is 373 g/mol. The van der Waals surface area contributed by atoms with Crippen LogP contribution >= 0.6 is 0 Å². The summed E-state index contributed by atoms with van der Waals surface area (Å²) in [5.74, 6) is -1.65. The van der Waals surface area contributed by atoms with Gasteiger partial charge in [0.1, 0.15) is 6.04 Å². The molecule has 6 N–H and O–H groups in total. The Labute approximate surface area is 157 Å².